The molecule has 0 saturated heterocycles. The number of benzene rings is 2. The van der Waals surface area contributed by atoms with E-state index in [1.807, 2.05) is 32.0 Å². The SMILES string of the molecule is CCC(C)Oc1ccc(PC(=O)c2c(Cl)cccc2OC)c(OC(C)CC)c1.[Li]. The van der Waals surface area contributed by atoms with E-state index in [0.717, 1.165) is 23.9 Å². The van der Waals surface area contributed by atoms with Crippen molar-refractivity contribution >= 4 is 49.9 Å². The van der Waals surface area contributed by atoms with E-state index in [2.05, 4.69) is 13.8 Å². The van der Waals surface area contributed by atoms with E-state index in [4.69, 9.17) is 25.8 Å². The first-order valence-corrected chi connectivity index (χ1v) is 10.9. The predicted octanol–water partition coefficient (Wildman–Crippen LogP) is 5.47. The van der Waals surface area contributed by atoms with Gasteiger partial charge in [-0.05, 0) is 59.5 Å². The monoisotopic (exact) mass is 429 g/mol. The zero-order valence-electron chi connectivity index (χ0n) is 18.0. The molecule has 0 aromatic heterocycles. The number of methoxy groups -OCH3 is 1. The van der Waals surface area contributed by atoms with Gasteiger partial charge in [0, 0.05) is 30.2 Å². The Kier molecular flexibility index (Phi) is 11.2. The van der Waals surface area contributed by atoms with Gasteiger partial charge in [-0.3, -0.25) is 4.79 Å². The second-order valence-electron chi connectivity index (χ2n) is 6.60. The van der Waals surface area contributed by atoms with Crippen LogP contribution in [0.4, 0.5) is 0 Å². The molecule has 0 aliphatic rings. The van der Waals surface area contributed by atoms with Gasteiger partial charge in [0.1, 0.15) is 17.2 Å². The molecule has 0 saturated carbocycles. The normalized spacial score (nSPS) is 12.9. The first-order chi connectivity index (χ1) is 13.4. The molecular formula is C22H28ClLiO4P. The van der Waals surface area contributed by atoms with Gasteiger partial charge in [-0.1, -0.05) is 31.5 Å². The standard InChI is InChI=1S/C22H28ClO4P.Li/c1-6-14(3)26-16-11-12-20(19(13-16)27-15(4)7-2)28-22(24)21-17(23)9-8-10-18(21)25-5;/h8-15,28H,6-7H2,1-5H3;. The van der Waals surface area contributed by atoms with Gasteiger partial charge in [0.05, 0.1) is 29.9 Å². The van der Waals surface area contributed by atoms with Crippen molar-refractivity contribution in [3.8, 4) is 17.2 Å². The Hall–Kier alpha value is -1.17. The van der Waals surface area contributed by atoms with Crippen LogP contribution in [0.25, 0.3) is 0 Å². The fraction of sp³-hybridized carbons (Fsp3) is 0.409. The van der Waals surface area contributed by atoms with Gasteiger partial charge < -0.3 is 14.2 Å². The van der Waals surface area contributed by atoms with Crippen molar-refractivity contribution in [1.29, 1.82) is 0 Å². The molecular weight excluding hydrogens is 402 g/mol. The van der Waals surface area contributed by atoms with Crippen molar-refractivity contribution in [1.82, 2.24) is 0 Å². The summed E-state index contributed by atoms with van der Waals surface area (Å²) in [4.78, 5) is 13.0. The fourth-order valence-electron chi connectivity index (χ4n) is 2.47. The van der Waals surface area contributed by atoms with Crippen LogP contribution in [0.15, 0.2) is 36.4 Å². The summed E-state index contributed by atoms with van der Waals surface area (Å²) in [6, 6.07) is 10.9. The Morgan fingerprint density at radius 3 is 2.31 bits per heavy atom. The van der Waals surface area contributed by atoms with Crippen molar-refractivity contribution in [3.05, 3.63) is 47.0 Å². The summed E-state index contributed by atoms with van der Waals surface area (Å²) in [5, 5.41) is 1.21. The molecule has 0 N–H and O–H groups in total. The zero-order chi connectivity index (χ0) is 20.7. The summed E-state index contributed by atoms with van der Waals surface area (Å²) in [7, 11) is 1.39. The van der Waals surface area contributed by atoms with Gasteiger partial charge in [-0.2, -0.15) is 0 Å². The van der Waals surface area contributed by atoms with Crippen LogP contribution in [0.3, 0.4) is 0 Å². The van der Waals surface area contributed by atoms with E-state index >= 15 is 0 Å². The quantitative estimate of drug-likeness (QED) is 0.371. The third-order valence-electron chi connectivity index (χ3n) is 4.44. The third kappa shape index (κ3) is 7.23. The Bertz CT molecular complexity index is 815. The summed E-state index contributed by atoms with van der Waals surface area (Å²) in [6.45, 7) is 8.17. The van der Waals surface area contributed by atoms with Crippen LogP contribution < -0.4 is 19.5 Å². The van der Waals surface area contributed by atoms with Crippen molar-refractivity contribution < 1.29 is 19.0 Å². The molecule has 29 heavy (non-hydrogen) atoms. The molecule has 0 spiro atoms. The number of carbonyl (C=O) groups is 1. The van der Waals surface area contributed by atoms with Gasteiger partial charge in [0.25, 0.3) is 0 Å². The maximum Gasteiger partial charge on any atom is 0.190 e. The molecule has 0 aliphatic carbocycles. The molecule has 3 unspecified atom stereocenters. The van der Waals surface area contributed by atoms with Crippen molar-refractivity contribution in [2.75, 3.05) is 7.11 Å². The van der Waals surface area contributed by atoms with E-state index in [9.17, 15) is 4.79 Å². The van der Waals surface area contributed by atoms with Crippen LogP contribution in [0.5, 0.6) is 17.2 Å². The molecule has 3 atom stereocenters. The van der Waals surface area contributed by atoms with E-state index in [-0.39, 0.29) is 45.2 Å². The largest absolute Gasteiger partial charge is 0.496 e. The summed E-state index contributed by atoms with van der Waals surface area (Å²) in [6.07, 6.45) is 1.92. The molecule has 0 amide bonds. The van der Waals surface area contributed by atoms with E-state index in [0.29, 0.717) is 22.1 Å². The van der Waals surface area contributed by atoms with Crippen LogP contribution in [-0.2, 0) is 0 Å². The maximum absolute atomic E-state index is 13.0. The molecule has 4 nitrogen and oxygen atoms in total. The van der Waals surface area contributed by atoms with E-state index < -0.39 is 0 Å². The van der Waals surface area contributed by atoms with Crippen LogP contribution in [-0.4, -0.2) is 43.7 Å². The average Bonchev–Trinajstić information content (AvgIpc) is 2.69. The van der Waals surface area contributed by atoms with Gasteiger partial charge in [-0.15, -0.1) is 0 Å². The molecule has 7 heteroatoms. The Morgan fingerprint density at radius 2 is 1.69 bits per heavy atom. The molecule has 2 aromatic rings. The number of halogens is 1. The number of hydrogen-bond acceptors (Lipinski definition) is 4. The smallest absolute Gasteiger partial charge is 0.190 e. The first-order valence-electron chi connectivity index (χ1n) is 9.50. The molecule has 0 bridgehead atoms. The van der Waals surface area contributed by atoms with Crippen LogP contribution >= 0.6 is 20.2 Å². The van der Waals surface area contributed by atoms with Crippen LogP contribution in [0, 0.1) is 0 Å². The number of carbonyl (C=O) groups excluding carboxylic acids is 1. The summed E-state index contributed by atoms with van der Waals surface area (Å²) in [5.74, 6) is 1.89. The number of ether oxygens (including phenoxy) is 3. The molecule has 2 aromatic carbocycles. The third-order valence-corrected chi connectivity index (χ3v) is 5.91. The van der Waals surface area contributed by atoms with E-state index in [1.165, 1.54) is 7.11 Å². The van der Waals surface area contributed by atoms with Crippen LogP contribution in [0.2, 0.25) is 5.02 Å². The average molecular weight is 430 g/mol. The second-order valence-corrected chi connectivity index (χ2v) is 8.25. The van der Waals surface area contributed by atoms with E-state index in [1.54, 1.807) is 18.2 Å². The first kappa shape index (κ1) is 25.9. The van der Waals surface area contributed by atoms with Gasteiger partial charge in [0.15, 0.2) is 5.52 Å². The summed E-state index contributed by atoms with van der Waals surface area (Å²) in [5.41, 5.74) is 0.312. The van der Waals surface area contributed by atoms with Crippen molar-refractivity contribution in [3.63, 3.8) is 0 Å². The number of hydrogen-bond donors (Lipinski definition) is 0. The Balaban J connectivity index is 0.00000420. The minimum absolute atomic E-state index is 0. The van der Waals surface area contributed by atoms with Crippen molar-refractivity contribution in [2.24, 2.45) is 0 Å². The molecule has 153 valence electrons. The molecule has 0 aliphatic heterocycles. The maximum atomic E-state index is 13.0. The topological polar surface area (TPSA) is 44.8 Å². The molecule has 1 radical (unpaired) electrons. The molecule has 2 rings (SSSR count). The van der Waals surface area contributed by atoms with Crippen molar-refractivity contribution in [2.45, 2.75) is 52.7 Å². The van der Waals surface area contributed by atoms with Crippen LogP contribution in [0.1, 0.15) is 50.9 Å². The minimum Gasteiger partial charge on any atom is -0.496 e. The fourth-order valence-corrected chi connectivity index (χ4v) is 3.85. The second kappa shape index (κ2) is 12.5. The Labute approximate surface area is 192 Å². The number of rotatable bonds is 10. The Morgan fingerprint density at radius 1 is 1.03 bits per heavy atom. The zero-order valence-corrected chi connectivity index (χ0v) is 19.8. The minimum atomic E-state index is -0.140. The van der Waals surface area contributed by atoms with Gasteiger partial charge in [-0.25, -0.2) is 0 Å². The summed E-state index contributed by atoms with van der Waals surface area (Å²) < 4.78 is 17.3. The summed E-state index contributed by atoms with van der Waals surface area (Å²) >= 11 is 6.27. The van der Waals surface area contributed by atoms with Gasteiger partial charge >= 0.3 is 0 Å². The van der Waals surface area contributed by atoms with Gasteiger partial charge in [0.2, 0.25) is 0 Å². The molecule has 0 fully saturated rings. The predicted molar refractivity (Wildman–Crippen MR) is 123 cm³/mol. The molecule has 0 heterocycles.